The van der Waals surface area contributed by atoms with E-state index in [9.17, 15) is 4.79 Å². The van der Waals surface area contributed by atoms with Gasteiger partial charge in [-0.2, -0.15) is 10.1 Å². The topological polar surface area (TPSA) is 81.9 Å². The van der Waals surface area contributed by atoms with E-state index in [0.717, 1.165) is 5.56 Å². The van der Waals surface area contributed by atoms with Crippen LogP contribution in [0.4, 0.5) is 5.95 Å². The highest BCUT2D eigenvalue weighted by Crippen LogP contribution is 2.34. The van der Waals surface area contributed by atoms with Gasteiger partial charge in [0.15, 0.2) is 0 Å². The first-order valence-electron chi connectivity index (χ1n) is 7.06. The Hall–Kier alpha value is -2.70. The van der Waals surface area contributed by atoms with Gasteiger partial charge in [-0.1, -0.05) is 6.07 Å². The van der Waals surface area contributed by atoms with Crippen molar-refractivity contribution >= 4 is 11.9 Å². The normalized spacial score (nSPS) is 17.2. The molecule has 0 aliphatic carbocycles. The summed E-state index contributed by atoms with van der Waals surface area (Å²) < 4.78 is 7.05. The highest BCUT2D eigenvalue weighted by molar-refractivity contribution is 5.92. The van der Waals surface area contributed by atoms with Crippen LogP contribution in [0.1, 0.15) is 32.4 Å². The van der Waals surface area contributed by atoms with E-state index in [4.69, 9.17) is 4.74 Å². The van der Waals surface area contributed by atoms with Crippen LogP contribution in [0.3, 0.4) is 0 Å². The molecule has 7 nitrogen and oxygen atoms in total. The van der Waals surface area contributed by atoms with E-state index in [2.05, 4.69) is 20.4 Å². The first kappa shape index (κ1) is 14.2. The number of anilines is 1. The van der Waals surface area contributed by atoms with Gasteiger partial charge in [0, 0.05) is 18.1 Å². The number of rotatable bonds is 3. The highest BCUT2D eigenvalue weighted by Gasteiger charge is 2.34. The van der Waals surface area contributed by atoms with Gasteiger partial charge in [0.05, 0.1) is 11.7 Å². The van der Waals surface area contributed by atoms with Crippen LogP contribution < -0.4 is 5.32 Å². The van der Waals surface area contributed by atoms with Gasteiger partial charge in [-0.05, 0) is 32.4 Å². The first-order valence-corrected chi connectivity index (χ1v) is 7.06. The highest BCUT2D eigenvalue weighted by atomic mass is 16.5. The van der Waals surface area contributed by atoms with E-state index in [1.807, 2.05) is 32.9 Å². The Labute approximate surface area is 128 Å². The Morgan fingerprint density at radius 3 is 2.95 bits per heavy atom. The number of hydrogen-bond acceptors (Lipinski definition) is 6. The molecule has 1 atom stereocenters. The van der Waals surface area contributed by atoms with Gasteiger partial charge >= 0.3 is 5.97 Å². The summed E-state index contributed by atoms with van der Waals surface area (Å²) in [5, 5.41) is 7.33. The molecule has 2 aromatic heterocycles. The fourth-order valence-corrected chi connectivity index (χ4v) is 2.48. The minimum atomic E-state index is -0.404. The fourth-order valence-electron chi connectivity index (χ4n) is 2.48. The van der Waals surface area contributed by atoms with Crippen LogP contribution in [0.5, 0.6) is 0 Å². The van der Waals surface area contributed by atoms with Crippen LogP contribution in [-0.4, -0.2) is 31.8 Å². The quantitative estimate of drug-likeness (QED) is 0.872. The molecule has 1 unspecified atom stereocenters. The van der Waals surface area contributed by atoms with Crippen LogP contribution in [-0.2, 0) is 9.53 Å². The van der Waals surface area contributed by atoms with Crippen molar-refractivity contribution in [1.29, 1.82) is 0 Å². The number of nitrogens with one attached hydrogen (secondary N) is 1. The van der Waals surface area contributed by atoms with E-state index in [0.29, 0.717) is 17.2 Å². The Morgan fingerprint density at radius 1 is 1.45 bits per heavy atom. The summed E-state index contributed by atoms with van der Waals surface area (Å²) in [6, 6.07) is 3.33. The van der Waals surface area contributed by atoms with E-state index < -0.39 is 6.04 Å². The lowest BCUT2D eigenvalue weighted by molar-refractivity contribution is -0.143. The van der Waals surface area contributed by atoms with Crippen LogP contribution in [0.25, 0.3) is 0 Å². The maximum absolute atomic E-state index is 12.5. The predicted octanol–water partition coefficient (Wildman–Crippen LogP) is 1.91. The molecule has 1 N–H and O–H groups in total. The number of carbonyl (C=O) groups excluding carboxylic acids is 1. The number of aromatic nitrogens is 4. The van der Waals surface area contributed by atoms with E-state index in [1.54, 1.807) is 17.1 Å². The average Bonchev–Trinajstić information content (AvgIpc) is 2.93. The van der Waals surface area contributed by atoms with Crippen LogP contribution >= 0.6 is 0 Å². The molecule has 0 spiro atoms. The van der Waals surface area contributed by atoms with Crippen molar-refractivity contribution in [3.05, 3.63) is 47.7 Å². The molecule has 22 heavy (non-hydrogen) atoms. The Bertz CT molecular complexity index is 721. The molecule has 114 valence electrons. The summed E-state index contributed by atoms with van der Waals surface area (Å²) in [5.74, 6) is 0.224. The summed E-state index contributed by atoms with van der Waals surface area (Å²) in [6.07, 6.45) is 4.67. The summed E-state index contributed by atoms with van der Waals surface area (Å²) in [4.78, 5) is 20.8. The number of esters is 1. The molecule has 0 saturated carbocycles. The summed E-state index contributed by atoms with van der Waals surface area (Å²) in [6.45, 7) is 5.48. The maximum atomic E-state index is 12.5. The van der Waals surface area contributed by atoms with Gasteiger partial charge in [-0.3, -0.25) is 4.98 Å². The monoisotopic (exact) mass is 299 g/mol. The molecular formula is C15H17N5O2. The maximum Gasteiger partial charge on any atom is 0.338 e. The molecule has 3 heterocycles. The van der Waals surface area contributed by atoms with Crippen LogP contribution in [0.15, 0.2) is 42.1 Å². The molecule has 7 heteroatoms. The van der Waals surface area contributed by atoms with Crippen molar-refractivity contribution in [2.45, 2.75) is 32.9 Å². The molecule has 2 aromatic rings. The minimum Gasteiger partial charge on any atom is -0.459 e. The van der Waals surface area contributed by atoms with Gasteiger partial charge < -0.3 is 10.1 Å². The van der Waals surface area contributed by atoms with Crippen molar-refractivity contribution in [2.75, 3.05) is 5.32 Å². The molecule has 0 bridgehead atoms. The number of fused-ring (bicyclic) bond motifs is 1. The molecule has 1 aliphatic heterocycles. The standard InChI is InChI=1S/C15H17N5O2/c1-9(2)22-14(21)12-10(3)19-15-17-8-18-20(15)13(12)11-5-4-6-16-7-11/h4-9,13H,1-3H3,(H,17,18,19). The number of hydrogen-bond donors (Lipinski definition) is 1. The smallest absolute Gasteiger partial charge is 0.338 e. The van der Waals surface area contributed by atoms with Crippen molar-refractivity contribution in [2.24, 2.45) is 0 Å². The average molecular weight is 299 g/mol. The molecular weight excluding hydrogens is 282 g/mol. The van der Waals surface area contributed by atoms with E-state index >= 15 is 0 Å². The zero-order valence-corrected chi connectivity index (χ0v) is 12.6. The molecule has 0 amide bonds. The minimum absolute atomic E-state index is 0.195. The molecule has 3 rings (SSSR count). The number of allylic oxidation sites excluding steroid dienone is 1. The lowest BCUT2D eigenvalue weighted by atomic mass is 9.97. The third kappa shape index (κ3) is 2.45. The third-order valence-electron chi connectivity index (χ3n) is 3.36. The van der Waals surface area contributed by atoms with Gasteiger partial charge in [-0.15, -0.1) is 0 Å². The SMILES string of the molecule is CC1=C(C(=O)OC(C)C)C(c2cccnc2)n2ncnc2N1. The summed E-state index contributed by atoms with van der Waals surface area (Å²) in [5.41, 5.74) is 2.07. The molecule has 0 aromatic carbocycles. The summed E-state index contributed by atoms with van der Waals surface area (Å²) in [7, 11) is 0. The zero-order chi connectivity index (χ0) is 15.7. The fraction of sp³-hybridized carbons (Fsp3) is 0.333. The van der Waals surface area contributed by atoms with Crippen molar-refractivity contribution in [1.82, 2.24) is 19.7 Å². The van der Waals surface area contributed by atoms with Crippen molar-refractivity contribution in [3.63, 3.8) is 0 Å². The second-order valence-corrected chi connectivity index (χ2v) is 5.33. The first-order chi connectivity index (χ1) is 10.6. The van der Waals surface area contributed by atoms with E-state index in [-0.39, 0.29) is 12.1 Å². The van der Waals surface area contributed by atoms with Gasteiger partial charge in [-0.25, -0.2) is 9.48 Å². The number of ether oxygens (including phenoxy) is 1. The number of carbonyl (C=O) groups is 1. The number of nitrogens with zero attached hydrogens (tertiary/aromatic N) is 4. The lowest BCUT2D eigenvalue weighted by Crippen LogP contribution is -2.30. The second-order valence-electron chi connectivity index (χ2n) is 5.33. The third-order valence-corrected chi connectivity index (χ3v) is 3.36. The van der Waals surface area contributed by atoms with Gasteiger partial charge in [0.2, 0.25) is 5.95 Å². The Morgan fingerprint density at radius 2 is 2.27 bits per heavy atom. The number of pyridine rings is 1. The largest absolute Gasteiger partial charge is 0.459 e. The Balaban J connectivity index is 2.10. The summed E-state index contributed by atoms with van der Waals surface area (Å²) >= 11 is 0. The zero-order valence-electron chi connectivity index (χ0n) is 12.6. The molecule has 1 aliphatic rings. The second kappa shape index (κ2) is 5.59. The van der Waals surface area contributed by atoms with Gasteiger partial charge in [0.1, 0.15) is 12.4 Å². The van der Waals surface area contributed by atoms with Crippen LogP contribution in [0.2, 0.25) is 0 Å². The predicted molar refractivity (Wildman–Crippen MR) is 79.9 cm³/mol. The molecule has 0 fully saturated rings. The molecule has 0 radical (unpaired) electrons. The van der Waals surface area contributed by atoms with Crippen molar-refractivity contribution in [3.8, 4) is 0 Å². The lowest BCUT2D eigenvalue weighted by Gasteiger charge is -2.28. The van der Waals surface area contributed by atoms with Gasteiger partial charge in [0.25, 0.3) is 0 Å². The van der Waals surface area contributed by atoms with Crippen molar-refractivity contribution < 1.29 is 9.53 Å². The van der Waals surface area contributed by atoms with E-state index in [1.165, 1.54) is 6.33 Å². The molecule has 0 saturated heterocycles. The van der Waals surface area contributed by atoms with Crippen LogP contribution in [0, 0.1) is 0 Å². The Kier molecular flexibility index (Phi) is 3.62.